The predicted octanol–water partition coefficient (Wildman–Crippen LogP) is 3.97. The van der Waals surface area contributed by atoms with E-state index < -0.39 is 0 Å². The number of nitrogens with zero attached hydrogens (tertiary/aromatic N) is 4. The van der Waals surface area contributed by atoms with Crippen molar-refractivity contribution in [2.24, 2.45) is 5.92 Å². The van der Waals surface area contributed by atoms with Gasteiger partial charge >= 0.3 is 0 Å². The molecule has 3 aliphatic rings. The molecule has 2 bridgehead atoms. The van der Waals surface area contributed by atoms with Crippen LogP contribution in [0.15, 0.2) is 73.1 Å². The highest BCUT2D eigenvalue weighted by Gasteiger charge is 2.34. The maximum absolute atomic E-state index is 4.59. The molecule has 3 aromatic rings. The zero-order valence-electron chi connectivity index (χ0n) is 16.3. The van der Waals surface area contributed by atoms with Crippen LogP contribution in [-0.4, -0.2) is 45.3 Å². The van der Waals surface area contributed by atoms with Crippen LogP contribution in [-0.2, 0) is 13.1 Å². The fourth-order valence-electron chi connectivity index (χ4n) is 4.84. The molecular formula is C24H28N4. The zero-order valence-corrected chi connectivity index (χ0v) is 16.3. The number of rotatable bonds is 5. The van der Waals surface area contributed by atoms with Gasteiger partial charge in [-0.05, 0) is 36.5 Å². The summed E-state index contributed by atoms with van der Waals surface area (Å²) in [7, 11) is 0. The Balaban J connectivity index is 1.26. The van der Waals surface area contributed by atoms with Gasteiger partial charge in [0.1, 0.15) is 0 Å². The normalized spacial score (nSPS) is 23.0. The quantitative estimate of drug-likeness (QED) is 0.677. The molecule has 6 rings (SSSR count). The summed E-state index contributed by atoms with van der Waals surface area (Å²) in [5.41, 5.74) is 3.87. The Morgan fingerprint density at radius 1 is 0.786 bits per heavy atom. The lowest BCUT2D eigenvalue weighted by atomic mass is 9.95. The van der Waals surface area contributed by atoms with E-state index in [1.807, 2.05) is 16.9 Å². The Morgan fingerprint density at radius 3 is 2.39 bits per heavy atom. The van der Waals surface area contributed by atoms with Gasteiger partial charge in [-0.15, -0.1) is 0 Å². The van der Waals surface area contributed by atoms with Gasteiger partial charge in [-0.25, -0.2) is 4.68 Å². The van der Waals surface area contributed by atoms with Crippen molar-refractivity contribution >= 4 is 0 Å². The third-order valence-corrected chi connectivity index (χ3v) is 6.19. The fraction of sp³-hybridized carbons (Fsp3) is 0.375. The second-order valence-electron chi connectivity index (χ2n) is 8.34. The molecular weight excluding hydrogens is 344 g/mol. The first-order valence-electron chi connectivity index (χ1n) is 10.4. The van der Waals surface area contributed by atoms with E-state index in [4.69, 9.17) is 0 Å². The number of para-hydroxylation sites is 1. The molecule has 28 heavy (non-hydrogen) atoms. The SMILES string of the molecule is c1ccc(CN2C[C@@H]3CC[C@H](C2)N(Cc2cnn(-c4ccccc4)c2)C3)cc1. The van der Waals surface area contributed by atoms with Crippen LogP contribution < -0.4 is 0 Å². The molecule has 2 atom stereocenters. The van der Waals surface area contributed by atoms with Crippen LogP contribution in [0.1, 0.15) is 24.0 Å². The molecule has 3 aliphatic heterocycles. The smallest absolute Gasteiger partial charge is 0.0645 e. The van der Waals surface area contributed by atoms with Crippen molar-refractivity contribution in [3.63, 3.8) is 0 Å². The molecule has 4 nitrogen and oxygen atoms in total. The Bertz CT molecular complexity index is 889. The van der Waals surface area contributed by atoms with E-state index >= 15 is 0 Å². The van der Waals surface area contributed by atoms with Gasteiger partial charge in [0.2, 0.25) is 0 Å². The van der Waals surface area contributed by atoms with Crippen LogP contribution in [0.3, 0.4) is 0 Å². The van der Waals surface area contributed by atoms with E-state index in [9.17, 15) is 0 Å². The minimum Gasteiger partial charge on any atom is -0.297 e. The van der Waals surface area contributed by atoms with Crippen molar-refractivity contribution in [3.8, 4) is 5.69 Å². The first-order valence-corrected chi connectivity index (χ1v) is 10.4. The topological polar surface area (TPSA) is 24.3 Å². The summed E-state index contributed by atoms with van der Waals surface area (Å²) >= 11 is 0. The largest absolute Gasteiger partial charge is 0.297 e. The van der Waals surface area contributed by atoms with Gasteiger partial charge in [-0.1, -0.05) is 48.5 Å². The lowest BCUT2D eigenvalue weighted by Crippen LogP contribution is -2.43. The van der Waals surface area contributed by atoms with Crippen molar-refractivity contribution in [2.75, 3.05) is 19.6 Å². The lowest BCUT2D eigenvalue weighted by Gasteiger charge is -2.35. The number of piperidine rings is 1. The number of benzene rings is 2. The average Bonchev–Trinajstić information content (AvgIpc) is 3.03. The summed E-state index contributed by atoms with van der Waals surface area (Å²) in [6.07, 6.45) is 6.92. The minimum absolute atomic E-state index is 0.655. The van der Waals surface area contributed by atoms with Crippen molar-refractivity contribution in [2.45, 2.75) is 32.0 Å². The molecule has 0 unspecified atom stereocenters. The van der Waals surface area contributed by atoms with Crippen molar-refractivity contribution in [1.82, 2.24) is 19.6 Å². The molecule has 0 N–H and O–H groups in total. The molecule has 0 amide bonds. The summed E-state index contributed by atoms with van der Waals surface area (Å²) in [6.45, 7) is 5.71. The Hall–Kier alpha value is -2.43. The van der Waals surface area contributed by atoms with E-state index in [0.717, 1.165) is 24.7 Å². The molecule has 3 fully saturated rings. The highest BCUT2D eigenvalue weighted by Crippen LogP contribution is 2.30. The highest BCUT2D eigenvalue weighted by atomic mass is 15.3. The zero-order chi connectivity index (χ0) is 18.8. The van der Waals surface area contributed by atoms with Crippen molar-refractivity contribution < 1.29 is 0 Å². The van der Waals surface area contributed by atoms with Gasteiger partial charge < -0.3 is 0 Å². The van der Waals surface area contributed by atoms with Crippen LogP contribution in [0.25, 0.3) is 5.69 Å². The third kappa shape index (κ3) is 3.89. The predicted molar refractivity (Wildman–Crippen MR) is 112 cm³/mol. The van der Waals surface area contributed by atoms with Gasteiger partial charge in [0.05, 0.1) is 11.9 Å². The highest BCUT2D eigenvalue weighted by molar-refractivity contribution is 5.31. The van der Waals surface area contributed by atoms with Crippen LogP contribution in [0.4, 0.5) is 0 Å². The second kappa shape index (κ2) is 7.90. The summed E-state index contributed by atoms with van der Waals surface area (Å²) in [4.78, 5) is 5.37. The molecule has 0 spiro atoms. The molecule has 0 saturated carbocycles. The summed E-state index contributed by atoms with van der Waals surface area (Å²) in [5, 5.41) is 4.59. The second-order valence-corrected chi connectivity index (χ2v) is 8.34. The Morgan fingerprint density at radius 2 is 1.57 bits per heavy atom. The van der Waals surface area contributed by atoms with E-state index in [1.54, 1.807) is 0 Å². The van der Waals surface area contributed by atoms with Crippen molar-refractivity contribution in [1.29, 1.82) is 0 Å². The number of hydrogen-bond acceptors (Lipinski definition) is 3. The van der Waals surface area contributed by atoms with Crippen molar-refractivity contribution in [3.05, 3.63) is 84.2 Å². The van der Waals surface area contributed by atoms with Crippen LogP contribution in [0.2, 0.25) is 0 Å². The standard InChI is InChI=1S/C24H28N4/c1-3-7-20(8-4-1)14-26-15-21-11-12-24(19-26)27(16-21)17-22-13-25-28(18-22)23-9-5-2-6-10-23/h1-10,13,18,21,24H,11-12,14-17,19H2/t21-,24+/m0/s1. The molecule has 3 saturated heterocycles. The summed E-state index contributed by atoms with van der Waals surface area (Å²) < 4.78 is 1.99. The van der Waals surface area contributed by atoms with Gasteiger partial charge in [-0.2, -0.15) is 5.10 Å². The molecule has 1 aromatic heterocycles. The Kier molecular flexibility index (Phi) is 4.98. The Labute approximate surface area is 167 Å². The molecule has 0 radical (unpaired) electrons. The lowest BCUT2D eigenvalue weighted by molar-refractivity contribution is 0.123. The average molecular weight is 373 g/mol. The number of aromatic nitrogens is 2. The maximum atomic E-state index is 4.59. The van der Waals surface area contributed by atoms with E-state index in [-0.39, 0.29) is 0 Å². The molecule has 4 heteroatoms. The molecule has 4 heterocycles. The first kappa shape index (κ1) is 17.7. The molecule has 2 aromatic carbocycles. The van der Waals surface area contributed by atoms with E-state index in [1.165, 1.54) is 43.6 Å². The van der Waals surface area contributed by atoms with Crippen LogP contribution in [0, 0.1) is 5.92 Å². The fourth-order valence-corrected chi connectivity index (χ4v) is 4.84. The monoisotopic (exact) mass is 372 g/mol. The van der Waals surface area contributed by atoms with Gasteiger partial charge in [0.25, 0.3) is 0 Å². The number of hydrogen-bond donors (Lipinski definition) is 0. The summed E-state index contributed by atoms with van der Waals surface area (Å²) in [6, 6.07) is 21.9. The molecule has 144 valence electrons. The van der Waals surface area contributed by atoms with Crippen LogP contribution >= 0.6 is 0 Å². The number of fused-ring (bicyclic) bond motifs is 4. The van der Waals surface area contributed by atoms with Gasteiger partial charge in [0, 0.05) is 50.5 Å². The van der Waals surface area contributed by atoms with E-state index in [0.29, 0.717) is 6.04 Å². The minimum atomic E-state index is 0.655. The van der Waals surface area contributed by atoms with E-state index in [2.05, 4.69) is 75.7 Å². The van der Waals surface area contributed by atoms with Crippen LogP contribution in [0.5, 0.6) is 0 Å². The first-order chi connectivity index (χ1) is 13.8. The third-order valence-electron chi connectivity index (χ3n) is 6.19. The molecule has 0 aliphatic carbocycles. The van der Waals surface area contributed by atoms with Gasteiger partial charge in [0.15, 0.2) is 0 Å². The van der Waals surface area contributed by atoms with Gasteiger partial charge in [-0.3, -0.25) is 9.80 Å². The summed E-state index contributed by atoms with van der Waals surface area (Å²) in [5.74, 6) is 0.784. The maximum Gasteiger partial charge on any atom is 0.0645 e.